The lowest BCUT2D eigenvalue weighted by Crippen LogP contribution is -2.27. The van der Waals surface area contributed by atoms with E-state index in [1.54, 1.807) is 0 Å². The molecule has 5 aromatic carbocycles. The van der Waals surface area contributed by atoms with Crippen LogP contribution in [0.4, 0.5) is 0 Å². The van der Waals surface area contributed by atoms with Crippen molar-refractivity contribution in [1.29, 1.82) is 0 Å². The van der Waals surface area contributed by atoms with Gasteiger partial charge in [-0.2, -0.15) is 0 Å². The van der Waals surface area contributed by atoms with Crippen molar-refractivity contribution in [3.05, 3.63) is 165 Å². The molecule has 4 heteroatoms. The lowest BCUT2D eigenvalue weighted by atomic mass is 9.61. The van der Waals surface area contributed by atoms with Crippen molar-refractivity contribution in [2.45, 2.75) is 38.0 Å². The Balaban J connectivity index is 1.33. The third-order valence-electron chi connectivity index (χ3n) is 9.67. The third-order valence-corrected chi connectivity index (χ3v) is 10.2. The van der Waals surface area contributed by atoms with Gasteiger partial charge in [0.2, 0.25) is 0 Å². The fourth-order valence-electron chi connectivity index (χ4n) is 7.64. The first-order chi connectivity index (χ1) is 21.8. The maximum atomic E-state index is 6.40. The van der Waals surface area contributed by atoms with Gasteiger partial charge in [-0.05, 0) is 99.0 Å². The summed E-state index contributed by atoms with van der Waals surface area (Å²) in [4.78, 5) is 4.97. The van der Waals surface area contributed by atoms with Crippen LogP contribution in [0.3, 0.4) is 0 Å². The van der Waals surface area contributed by atoms with E-state index in [0.717, 1.165) is 27.3 Å². The Kier molecular flexibility index (Phi) is 5.74. The minimum atomic E-state index is -0.00282. The Morgan fingerprint density at radius 1 is 0.600 bits per heavy atom. The molecular formula is C41H31BrN2O. The Morgan fingerprint density at radius 3 is 1.87 bits per heavy atom. The topological polar surface area (TPSA) is 27.1 Å². The molecule has 0 atom stereocenters. The zero-order valence-electron chi connectivity index (χ0n) is 25.4. The number of nitrogens with zero attached hydrogens (tertiary/aromatic N) is 2. The molecule has 7 aromatic rings. The normalized spacial score (nSPS) is 16.4. The molecular weight excluding hydrogens is 616 g/mol. The molecule has 218 valence electrons. The van der Waals surface area contributed by atoms with Crippen molar-refractivity contribution < 1.29 is 4.74 Å². The van der Waals surface area contributed by atoms with Crippen molar-refractivity contribution in [3.8, 4) is 17.3 Å². The van der Waals surface area contributed by atoms with Crippen molar-refractivity contribution in [3.63, 3.8) is 0 Å². The van der Waals surface area contributed by atoms with Crippen molar-refractivity contribution in [2.75, 3.05) is 0 Å². The van der Waals surface area contributed by atoms with Gasteiger partial charge in [0.25, 0.3) is 0 Å². The van der Waals surface area contributed by atoms with E-state index in [-0.39, 0.29) is 17.3 Å². The average molecular weight is 648 g/mol. The monoisotopic (exact) mass is 646 g/mol. The minimum Gasteiger partial charge on any atom is -0.457 e. The molecule has 0 fully saturated rings. The SMILES string of the molecule is CC(C)(C)c1ccnc(-n2c3cc(Oc4cccc(Br)c4)ccc3c3cc4c(cc32)C2c3ccccc3C4c3ccccc32)c1. The second-order valence-electron chi connectivity index (χ2n) is 13.3. The van der Waals surface area contributed by atoms with Crippen LogP contribution >= 0.6 is 15.9 Å². The van der Waals surface area contributed by atoms with Crippen LogP contribution in [-0.4, -0.2) is 9.55 Å². The fourth-order valence-corrected chi connectivity index (χ4v) is 8.02. The highest BCUT2D eigenvalue weighted by Gasteiger charge is 2.41. The summed E-state index contributed by atoms with van der Waals surface area (Å²) >= 11 is 3.58. The van der Waals surface area contributed by atoms with Crippen molar-refractivity contribution >= 4 is 37.7 Å². The smallest absolute Gasteiger partial charge is 0.137 e. The molecule has 2 heterocycles. The number of pyridine rings is 1. The van der Waals surface area contributed by atoms with Crippen LogP contribution < -0.4 is 4.74 Å². The van der Waals surface area contributed by atoms with Crippen LogP contribution in [0.25, 0.3) is 27.6 Å². The molecule has 45 heavy (non-hydrogen) atoms. The summed E-state index contributed by atoms with van der Waals surface area (Å²) in [6.07, 6.45) is 1.95. The summed E-state index contributed by atoms with van der Waals surface area (Å²) in [5.41, 5.74) is 12.0. The van der Waals surface area contributed by atoms with Crippen LogP contribution in [-0.2, 0) is 5.41 Å². The van der Waals surface area contributed by atoms with Crippen molar-refractivity contribution in [1.82, 2.24) is 9.55 Å². The molecule has 0 spiro atoms. The molecule has 0 aliphatic heterocycles. The third kappa shape index (κ3) is 4.05. The van der Waals surface area contributed by atoms with E-state index in [1.165, 1.54) is 55.2 Å². The first-order valence-corrected chi connectivity index (χ1v) is 16.3. The van der Waals surface area contributed by atoms with Gasteiger partial charge in [0.15, 0.2) is 0 Å². The summed E-state index contributed by atoms with van der Waals surface area (Å²) in [6.45, 7) is 6.76. The quantitative estimate of drug-likeness (QED) is 0.191. The summed E-state index contributed by atoms with van der Waals surface area (Å²) in [5.74, 6) is 2.94. The van der Waals surface area contributed by atoms with E-state index < -0.39 is 0 Å². The minimum absolute atomic E-state index is 0.00282. The molecule has 10 rings (SSSR count). The summed E-state index contributed by atoms with van der Waals surface area (Å²) in [6, 6.07) is 41.8. The Hall–Kier alpha value is -4.67. The highest BCUT2D eigenvalue weighted by Crippen LogP contribution is 2.56. The Morgan fingerprint density at radius 2 is 1.22 bits per heavy atom. The maximum absolute atomic E-state index is 6.40. The first kappa shape index (κ1) is 26.7. The van der Waals surface area contributed by atoms with Gasteiger partial charge in [0.1, 0.15) is 17.3 Å². The summed E-state index contributed by atoms with van der Waals surface area (Å²) in [5, 5.41) is 2.43. The predicted octanol–water partition coefficient (Wildman–Crippen LogP) is 11.0. The molecule has 0 saturated heterocycles. The number of halogens is 1. The van der Waals surface area contributed by atoms with Gasteiger partial charge in [-0.15, -0.1) is 0 Å². The zero-order chi connectivity index (χ0) is 30.4. The lowest BCUT2D eigenvalue weighted by molar-refractivity contribution is 0.483. The highest BCUT2D eigenvalue weighted by molar-refractivity contribution is 9.10. The number of hydrogen-bond acceptors (Lipinski definition) is 2. The largest absolute Gasteiger partial charge is 0.457 e. The van der Waals surface area contributed by atoms with Gasteiger partial charge in [0, 0.05) is 39.3 Å². The summed E-state index contributed by atoms with van der Waals surface area (Å²) < 4.78 is 9.72. The van der Waals surface area contributed by atoms with E-state index in [2.05, 4.69) is 132 Å². The molecule has 0 N–H and O–H groups in total. The number of fused-ring (bicyclic) bond motifs is 3. The van der Waals surface area contributed by atoms with Crippen LogP contribution in [0.1, 0.15) is 71.6 Å². The van der Waals surface area contributed by atoms with Gasteiger partial charge in [-0.1, -0.05) is 91.3 Å². The van der Waals surface area contributed by atoms with Crippen LogP contribution in [0.15, 0.2) is 126 Å². The van der Waals surface area contributed by atoms with Gasteiger partial charge in [-0.25, -0.2) is 4.98 Å². The van der Waals surface area contributed by atoms with Gasteiger partial charge in [0.05, 0.1) is 11.0 Å². The first-order valence-electron chi connectivity index (χ1n) is 15.6. The second kappa shape index (κ2) is 9.66. The number of rotatable bonds is 3. The molecule has 2 bridgehead atoms. The molecule has 0 saturated carbocycles. The van der Waals surface area contributed by atoms with Gasteiger partial charge in [-0.3, -0.25) is 4.57 Å². The number of hydrogen-bond donors (Lipinski definition) is 0. The number of aromatic nitrogens is 2. The highest BCUT2D eigenvalue weighted by atomic mass is 79.9. The zero-order valence-corrected chi connectivity index (χ0v) is 27.0. The van der Waals surface area contributed by atoms with E-state index in [9.17, 15) is 0 Å². The molecule has 0 radical (unpaired) electrons. The average Bonchev–Trinajstić information content (AvgIpc) is 3.35. The number of benzene rings is 5. The molecule has 3 nitrogen and oxygen atoms in total. The molecule has 0 amide bonds. The fraction of sp³-hybridized carbons (Fsp3) is 0.146. The Labute approximate surface area is 271 Å². The molecule has 0 unspecified atom stereocenters. The van der Waals surface area contributed by atoms with E-state index in [4.69, 9.17) is 9.72 Å². The molecule has 3 aliphatic carbocycles. The van der Waals surface area contributed by atoms with Crippen LogP contribution in [0.2, 0.25) is 0 Å². The predicted molar refractivity (Wildman–Crippen MR) is 186 cm³/mol. The molecule has 3 aliphatic rings. The maximum Gasteiger partial charge on any atom is 0.137 e. The Bertz CT molecular complexity index is 2280. The van der Waals surface area contributed by atoms with E-state index >= 15 is 0 Å². The lowest BCUT2D eigenvalue weighted by Gasteiger charge is -2.42. The van der Waals surface area contributed by atoms with E-state index in [0.29, 0.717) is 0 Å². The number of ether oxygens (including phenoxy) is 1. The van der Waals surface area contributed by atoms with E-state index in [1.807, 2.05) is 30.5 Å². The van der Waals surface area contributed by atoms with Crippen LogP contribution in [0.5, 0.6) is 11.5 Å². The summed E-state index contributed by atoms with van der Waals surface area (Å²) in [7, 11) is 0. The van der Waals surface area contributed by atoms with Crippen LogP contribution in [0, 0.1) is 0 Å². The standard InChI is InChI=1S/C41H31BrN2O/c1-41(2,3)24-17-18-43-38(19-24)44-36-21-27(45-26-10-8-9-25(42)20-26)15-16-28(36)33-22-34-35(23-37(33)44)40-31-13-6-4-11-29(31)39(34)30-12-5-7-14-32(30)40/h4-23,39-40H,1-3H3. The van der Waals surface area contributed by atoms with Gasteiger partial charge >= 0.3 is 0 Å². The second-order valence-corrected chi connectivity index (χ2v) is 14.3. The molecule has 2 aromatic heterocycles. The van der Waals surface area contributed by atoms with Crippen molar-refractivity contribution in [2.24, 2.45) is 0 Å². The van der Waals surface area contributed by atoms with Gasteiger partial charge < -0.3 is 4.74 Å².